The van der Waals surface area contributed by atoms with Gasteiger partial charge in [0.2, 0.25) is 0 Å². The zero-order valence-electron chi connectivity index (χ0n) is 10.3. The predicted molar refractivity (Wildman–Crippen MR) is 67.3 cm³/mol. The van der Waals surface area contributed by atoms with Crippen LogP contribution in [0.2, 0.25) is 0 Å². The zero-order valence-corrected chi connectivity index (χ0v) is 10.3. The number of benzene rings is 1. The van der Waals surface area contributed by atoms with Crippen molar-refractivity contribution in [2.45, 2.75) is 52.9 Å². The highest BCUT2D eigenvalue weighted by molar-refractivity contribution is 5.31. The first-order valence-corrected chi connectivity index (χ1v) is 6.03. The van der Waals surface area contributed by atoms with E-state index in [0.717, 1.165) is 12.0 Å². The first kappa shape index (κ1) is 14.0. The number of para-hydroxylation sites is 1. The second-order valence-corrected chi connectivity index (χ2v) is 3.79. The van der Waals surface area contributed by atoms with Gasteiger partial charge in [-0.3, -0.25) is 0 Å². The fraction of sp³-hybridized carbons (Fsp3) is 0.571. The molecule has 86 valence electrons. The molecule has 0 unspecified atom stereocenters. The fourth-order valence-electron chi connectivity index (χ4n) is 1.29. The third kappa shape index (κ3) is 7.01. The van der Waals surface area contributed by atoms with Crippen LogP contribution in [0.3, 0.4) is 0 Å². The minimum atomic E-state index is 0.439. The Hall–Kier alpha value is -0.980. The Kier molecular flexibility index (Phi) is 8.95. The number of hydrogen-bond donors (Lipinski definition) is 1. The van der Waals surface area contributed by atoms with Gasteiger partial charge in [0.25, 0.3) is 0 Å². The third-order valence-electron chi connectivity index (χ3n) is 2.04. The molecule has 0 spiro atoms. The Morgan fingerprint density at radius 2 is 1.60 bits per heavy atom. The van der Waals surface area contributed by atoms with E-state index in [-0.39, 0.29) is 0 Å². The predicted octanol–water partition coefficient (Wildman–Crippen LogP) is 4.54. The van der Waals surface area contributed by atoms with Crippen molar-refractivity contribution in [2.24, 2.45) is 0 Å². The zero-order chi connectivity index (χ0) is 11.5. The van der Waals surface area contributed by atoms with E-state index in [1.54, 1.807) is 6.07 Å². The van der Waals surface area contributed by atoms with Crippen LogP contribution >= 0.6 is 0 Å². The molecule has 0 aromatic heterocycles. The Morgan fingerprint density at radius 1 is 1.00 bits per heavy atom. The molecule has 0 bridgehead atoms. The summed E-state index contributed by atoms with van der Waals surface area (Å²) < 4.78 is 0. The lowest BCUT2D eigenvalue weighted by Crippen LogP contribution is -1.85. The lowest BCUT2D eigenvalue weighted by molar-refractivity contribution is 0.466. The SMILES string of the molecule is CCC.CCCCCc1ccccc1O. The summed E-state index contributed by atoms with van der Waals surface area (Å²) in [6.07, 6.45) is 5.90. The molecule has 0 atom stereocenters. The molecule has 0 aliphatic heterocycles. The lowest BCUT2D eigenvalue weighted by atomic mass is 10.1. The molecule has 1 nitrogen and oxygen atoms in total. The summed E-state index contributed by atoms with van der Waals surface area (Å²) in [6, 6.07) is 7.58. The van der Waals surface area contributed by atoms with E-state index < -0.39 is 0 Å². The van der Waals surface area contributed by atoms with Crippen molar-refractivity contribution >= 4 is 0 Å². The summed E-state index contributed by atoms with van der Waals surface area (Å²) in [6.45, 7) is 6.44. The third-order valence-corrected chi connectivity index (χ3v) is 2.04. The van der Waals surface area contributed by atoms with Crippen molar-refractivity contribution < 1.29 is 5.11 Å². The Bertz CT molecular complexity index is 243. The minimum Gasteiger partial charge on any atom is -0.508 e. The van der Waals surface area contributed by atoms with Crippen LogP contribution in [0.5, 0.6) is 5.75 Å². The molecule has 0 fully saturated rings. The summed E-state index contributed by atoms with van der Waals surface area (Å²) in [5.41, 5.74) is 1.07. The Labute approximate surface area is 94.2 Å². The number of aryl methyl sites for hydroxylation is 1. The molecule has 0 radical (unpaired) electrons. The van der Waals surface area contributed by atoms with Gasteiger partial charge in [0, 0.05) is 0 Å². The molecule has 1 N–H and O–H groups in total. The van der Waals surface area contributed by atoms with E-state index in [9.17, 15) is 5.11 Å². The summed E-state index contributed by atoms with van der Waals surface area (Å²) >= 11 is 0. The maximum Gasteiger partial charge on any atom is 0.118 e. The molecule has 0 aliphatic carbocycles. The van der Waals surface area contributed by atoms with Crippen molar-refractivity contribution in [3.8, 4) is 5.75 Å². The van der Waals surface area contributed by atoms with Gasteiger partial charge in [0.1, 0.15) is 5.75 Å². The van der Waals surface area contributed by atoms with Crippen LogP contribution in [0.15, 0.2) is 24.3 Å². The highest BCUT2D eigenvalue weighted by Crippen LogP contribution is 2.17. The van der Waals surface area contributed by atoms with Gasteiger partial charge in [0.05, 0.1) is 0 Å². The fourth-order valence-corrected chi connectivity index (χ4v) is 1.29. The lowest BCUT2D eigenvalue weighted by Gasteiger charge is -2.02. The number of phenols is 1. The molecular formula is C14H24O. The highest BCUT2D eigenvalue weighted by Gasteiger charge is 1.97. The van der Waals surface area contributed by atoms with Crippen LogP contribution in [0.25, 0.3) is 0 Å². The largest absolute Gasteiger partial charge is 0.508 e. The molecule has 0 saturated heterocycles. The van der Waals surface area contributed by atoms with E-state index in [1.807, 2.05) is 18.2 Å². The average molecular weight is 208 g/mol. The number of aromatic hydroxyl groups is 1. The van der Waals surface area contributed by atoms with Gasteiger partial charge in [0.15, 0.2) is 0 Å². The molecule has 0 heterocycles. The molecular weight excluding hydrogens is 184 g/mol. The van der Waals surface area contributed by atoms with Crippen LogP contribution in [0, 0.1) is 0 Å². The van der Waals surface area contributed by atoms with Gasteiger partial charge < -0.3 is 5.11 Å². The second kappa shape index (κ2) is 9.57. The summed E-state index contributed by atoms with van der Waals surface area (Å²) in [5.74, 6) is 0.439. The number of rotatable bonds is 4. The summed E-state index contributed by atoms with van der Waals surface area (Å²) in [7, 11) is 0. The van der Waals surface area contributed by atoms with E-state index >= 15 is 0 Å². The van der Waals surface area contributed by atoms with Crippen molar-refractivity contribution in [1.29, 1.82) is 0 Å². The van der Waals surface area contributed by atoms with Crippen molar-refractivity contribution in [3.05, 3.63) is 29.8 Å². The molecule has 1 aromatic rings. The molecule has 0 amide bonds. The van der Waals surface area contributed by atoms with Gasteiger partial charge in [-0.05, 0) is 24.5 Å². The summed E-state index contributed by atoms with van der Waals surface area (Å²) in [5, 5.41) is 9.41. The first-order chi connectivity index (χ1) is 7.26. The first-order valence-electron chi connectivity index (χ1n) is 6.03. The number of hydrogen-bond acceptors (Lipinski definition) is 1. The molecule has 1 aromatic carbocycles. The smallest absolute Gasteiger partial charge is 0.118 e. The van der Waals surface area contributed by atoms with Crippen LogP contribution in [0.1, 0.15) is 52.0 Å². The molecule has 1 rings (SSSR count). The van der Waals surface area contributed by atoms with E-state index in [1.165, 1.54) is 25.7 Å². The number of unbranched alkanes of at least 4 members (excludes halogenated alkanes) is 2. The molecule has 0 saturated carbocycles. The maximum absolute atomic E-state index is 9.41. The van der Waals surface area contributed by atoms with E-state index in [4.69, 9.17) is 0 Å². The molecule has 0 aliphatic rings. The maximum atomic E-state index is 9.41. The Balaban J connectivity index is 0.000000583. The number of phenolic OH excluding ortho intramolecular Hbond substituents is 1. The van der Waals surface area contributed by atoms with Crippen molar-refractivity contribution in [2.75, 3.05) is 0 Å². The van der Waals surface area contributed by atoms with Crippen molar-refractivity contribution in [3.63, 3.8) is 0 Å². The van der Waals surface area contributed by atoms with Gasteiger partial charge in [-0.2, -0.15) is 0 Å². The average Bonchev–Trinajstić information content (AvgIpc) is 2.22. The Morgan fingerprint density at radius 3 is 2.13 bits per heavy atom. The molecule has 1 heteroatoms. The molecule has 15 heavy (non-hydrogen) atoms. The van der Waals surface area contributed by atoms with E-state index in [0.29, 0.717) is 5.75 Å². The summed E-state index contributed by atoms with van der Waals surface area (Å²) in [4.78, 5) is 0. The quantitative estimate of drug-likeness (QED) is 0.720. The van der Waals surface area contributed by atoms with E-state index in [2.05, 4.69) is 20.8 Å². The minimum absolute atomic E-state index is 0.439. The second-order valence-electron chi connectivity index (χ2n) is 3.79. The van der Waals surface area contributed by atoms with Crippen LogP contribution in [-0.4, -0.2) is 5.11 Å². The normalized spacial score (nSPS) is 9.27. The monoisotopic (exact) mass is 208 g/mol. The van der Waals surface area contributed by atoms with Crippen molar-refractivity contribution in [1.82, 2.24) is 0 Å². The highest BCUT2D eigenvalue weighted by atomic mass is 16.3. The van der Waals surface area contributed by atoms with Gasteiger partial charge in [-0.1, -0.05) is 58.2 Å². The topological polar surface area (TPSA) is 20.2 Å². The standard InChI is InChI=1S/C11H16O.C3H8/c1-2-3-4-7-10-8-5-6-9-11(10)12;1-3-2/h5-6,8-9,12H,2-4,7H2,1H3;3H2,1-2H3. The van der Waals surface area contributed by atoms with Gasteiger partial charge in [-0.25, -0.2) is 0 Å². The van der Waals surface area contributed by atoms with Gasteiger partial charge >= 0.3 is 0 Å². The van der Waals surface area contributed by atoms with Gasteiger partial charge in [-0.15, -0.1) is 0 Å². The van der Waals surface area contributed by atoms with Crippen LogP contribution in [0.4, 0.5) is 0 Å². The van der Waals surface area contributed by atoms with Crippen LogP contribution in [-0.2, 0) is 6.42 Å². The van der Waals surface area contributed by atoms with Crippen LogP contribution < -0.4 is 0 Å².